The molecule has 2 aliphatic rings. The fourth-order valence-electron chi connectivity index (χ4n) is 3.66. The maximum absolute atomic E-state index is 10.7. The zero-order chi connectivity index (χ0) is 14.2. The Kier molecular flexibility index (Phi) is 3.69. The van der Waals surface area contributed by atoms with E-state index < -0.39 is 5.60 Å². The molecule has 4 heteroatoms. The SMILES string of the molecule is CC(N)c1ccc(N2CCC3(O)CCCCC3C2)cn1. The van der Waals surface area contributed by atoms with E-state index in [9.17, 15) is 5.11 Å². The normalized spacial score (nSPS) is 31.8. The lowest BCUT2D eigenvalue weighted by Crippen LogP contribution is -2.53. The largest absolute Gasteiger partial charge is 0.389 e. The first kappa shape index (κ1) is 13.8. The number of aromatic nitrogens is 1. The number of piperidine rings is 1. The van der Waals surface area contributed by atoms with Gasteiger partial charge in [-0.1, -0.05) is 12.8 Å². The molecule has 0 spiro atoms. The van der Waals surface area contributed by atoms with Crippen molar-refractivity contribution in [1.82, 2.24) is 4.98 Å². The van der Waals surface area contributed by atoms with Crippen molar-refractivity contribution in [2.75, 3.05) is 18.0 Å². The molecule has 0 radical (unpaired) electrons. The van der Waals surface area contributed by atoms with E-state index in [2.05, 4.69) is 16.0 Å². The van der Waals surface area contributed by atoms with Gasteiger partial charge in [0, 0.05) is 25.0 Å². The summed E-state index contributed by atoms with van der Waals surface area (Å²) in [5, 5.41) is 10.7. The van der Waals surface area contributed by atoms with Crippen LogP contribution in [0.25, 0.3) is 0 Å². The maximum atomic E-state index is 10.7. The van der Waals surface area contributed by atoms with Crippen LogP contribution in [0.4, 0.5) is 5.69 Å². The Labute approximate surface area is 121 Å². The molecule has 1 aliphatic carbocycles. The van der Waals surface area contributed by atoms with Crippen molar-refractivity contribution in [3.63, 3.8) is 0 Å². The van der Waals surface area contributed by atoms with Crippen LogP contribution in [0.2, 0.25) is 0 Å². The second-order valence-electron chi connectivity index (χ2n) is 6.47. The third-order valence-corrected chi connectivity index (χ3v) is 5.03. The quantitative estimate of drug-likeness (QED) is 0.869. The molecule has 3 atom stereocenters. The number of nitrogens with zero attached hydrogens (tertiary/aromatic N) is 2. The third kappa shape index (κ3) is 2.54. The van der Waals surface area contributed by atoms with Gasteiger partial charge in [-0.25, -0.2) is 0 Å². The predicted octanol–water partition coefficient (Wildman–Crippen LogP) is 2.23. The Balaban J connectivity index is 1.72. The molecule has 1 aromatic rings. The summed E-state index contributed by atoms with van der Waals surface area (Å²) in [7, 11) is 0. The van der Waals surface area contributed by atoms with Crippen molar-refractivity contribution in [3.8, 4) is 0 Å². The number of hydrogen-bond acceptors (Lipinski definition) is 4. The number of hydrogen-bond donors (Lipinski definition) is 2. The number of pyridine rings is 1. The van der Waals surface area contributed by atoms with Crippen molar-refractivity contribution >= 4 is 5.69 Å². The number of aliphatic hydroxyl groups is 1. The van der Waals surface area contributed by atoms with Crippen LogP contribution in [0.3, 0.4) is 0 Å². The number of nitrogens with two attached hydrogens (primary N) is 1. The first-order valence-electron chi connectivity index (χ1n) is 7.77. The van der Waals surface area contributed by atoms with E-state index >= 15 is 0 Å². The van der Waals surface area contributed by atoms with Gasteiger partial charge in [0.2, 0.25) is 0 Å². The van der Waals surface area contributed by atoms with Gasteiger partial charge in [0.25, 0.3) is 0 Å². The minimum absolute atomic E-state index is 0.0196. The molecule has 0 amide bonds. The van der Waals surface area contributed by atoms with E-state index in [1.807, 2.05) is 19.2 Å². The fraction of sp³-hybridized carbons (Fsp3) is 0.688. The van der Waals surface area contributed by atoms with Gasteiger partial charge in [-0.3, -0.25) is 4.98 Å². The molecule has 3 N–H and O–H groups in total. The monoisotopic (exact) mass is 275 g/mol. The van der Waals surface area contributed by atoms with Gasteiger partial charge < -0.3 is 15.7 Å². The second-order valence-corrected chi connectivity index (χ2v) is 6.47. The summed E-state index contributed by atoms with van der Waals surface area (Å²) >= 11 is 0. The molecule has 110 valence electrons. The highest BCUT2D eigenvalue weighted by Gasteiger charge is 2.42. The molecule has 1 aliphatic heterocycles. The van der Waals surface area contributed by atoms with E-state index in [1.54, 1.807) is 0 Å². The number of fused-ring (bicyclic) bond motifs is 1. The maximum Gasteiger partial charge on any atom is 0.0709 e. The van der Waals surface area contributed by atoms with Gasteiger partial charge in [0.05, 0.1) is 23.2 Å². The standard InChI is InChI=1S/C16H25N3O/c1-12(17)15-6-5-14(10-18-15)19-9-8-16(20)7-3-2-4-13(16)11-19/h5-6,10,12-13,20H,2-4,7-9,11,17H2,1H3. The van der Waals surface area contributed by atoms with Crippen LogP contribution in [0.1, 0.15) is 50.8 Å². The lowest BCUT2D eigenvalue weighted by molar-refractivity contribution is -0.0612. The van der Waals surface area contributed by atoms with Gasteiger partial charge in [-0.15, -0.1) is 0 Å². The van der Waals surface area contributed by atoms with E-state index in [4.69, 9.17) is 5.73 Å². The summed E-state index contributed by atoms with van der Waals surface area (Å²) < 4.78 is 0. The number of rotatable bonds is 2. The molecule has 0 bridgehead atoms. The van der Waals surface area contributed by atoms with Crippen LogP contribution in [-0.4, -0.2) is 28.8 Å². The van der Waals surface area contributed by atoms with E-state index in [1.165, 1.54) is 12.8 Å². The zero-order valence-corrected chi connectivity index (χ0v) is 12.3. The summed E-state index contributed by atoms with van der Waals surface area (Å²) in [5.74, 6) is 0.415. The topological polar surface area (TPSA) is 62.4 Å². The molecular weight excluding hydrogens is 250 g/mol. The highest BCUT2D eigenvalue weighted by molar-refractivity contribution is 5.45. The zero-order valence-electron chi connectivity index (χ0n) is 12.3. The molecule has 1 saturated heterocycles. The van der Waals surface area contributed by atoms with Crippen LogP contribution in [0.5, 0.6) is 0 Å². The van der Waals surface area contributed by atoms with Gasteiger partial charge in [-0.2, -0.15) is 0 Å². The fourth-order valence-corrected chi connectivity index (χ4v) is 3.66. The molecule has 3 unspecified atom stereocenters. The highest BCUT2D eigenvalue weighted by atomic mass is 16.3. The Morgan fingerprint density at radius 3 is 2.95 bits per heavy atom. The average Bonchev–Trinajstić information content (AvgIpc) is 2.46. The number of anilines is 1. The van der Waals surface area contributed by atoms with Crippen molar-refractivity contribution in [3.05, 3.63) is 24.0 Å². The first-order chi connectivity index (χ1) is 9.58. The lowest BCUT2D eigenvalue weighted by Gasteiger charge is -2.48. The summed E-state index contributed by atoms with van der Waals surface area (Å²) in [4.78, 5) is 6.81. The molecule has 20 heavy (non-hydrogen) atoms. The molecular formula is C16H25N3O. The first-order valence-corrected chi connectivity index (χ1v) is 7.77. The Morgan fingerprint density at radius 1 is 1.40 bits per heavy atom. The third-order valence-electron chi connectivity index (χ3n) is 5.03. The van der Waals surface area contributed by atoms with E-state index in [0.717, 1.165) is 43.7 Å². The van der Waals surface area contributed by atoms with Crippen LogP contribution >= 0.6 is 0 Å². The summed E-state index contributed by atoms with van der Waals surface area (Å²) in [6, 6.07) is 4.11. The molecule has 1 saturated carbocycles. The molecule has 4 nitrogen and oxygen atoms in total. The molecule has 0 aromatic carbocycles. The van der Waals surface area contributed by atoms with Gasteiger partial charge in [0.15, 0.2) is 0 Å². The highest BCUT2D eigenvalue weighted by Crippen LogP contribution is 2.40. The van der Waals surface area contributed by atoms with Gasteiger partial charge in [0.1, 0.15) is 0 Å². The Morgan fingerprint density at radius 2 is 2.25 bits per heavy atom. The summed E-state index contributed by atoms with van der Waals surface area (Å²) in [6.45, 7) is 3.83. The second kappa shape index (κ2) is 5.34. The Hall–Kier alpha value is -1.13. The lowest BCUT2D eigenvalue weighted by atomic mass is 9.71. The Bertz CT molecular complexity index is 459. The van der Waals surface area contributed by atoms with E-state index in [0.29, 0.717) is 5.92 Å². The minimum atomic E-state index is -0.409. The van der Waals surface area contributed by atoms with Crippen LogP contribution in [0, 0.1) is 5.92 Å². The van der Waals surface area contributed by atoms with E-state index in [-0.39, 0.29) is 6.04 Å². The van der Waals surface area contributed by atoms with Crippen molar-refractivity contribution < 1.29 is 5.11 Å². The minimum Gasteiger partial charge on any atom is -0.389 e. The molecule has 3 rings (SSSR count). The predicted molar refractivity (Wildman–Crippen MR) is 80.6 cm³/mol. The average molecular weight is 275 g/mol. The van der Waals surface area contributed by atoms with Crippen LogP contribution in [0.15, 0.2) is 18.3 Å². The van der Waals surface area contributed by atoms with Crippen LogP contribution < -0.4 is 10.6 Å². The molecule has 2 heterocycles. The van der Waals surface area contributed by atoms with Crippen molar-refractivity contribution in [2.45, 2.75) is 50.7 Å². The summed E-state index contributed by atoms with van der Waals surface area (Å²) in [6.07, 6.45) is 7.37. The molecule has 1 aromatic heterocycles. The smallest absolute Gasteiger partial charge is 0.0709 e. The van der Waals surface area contributed by atoms with Crippen molar-refractivity contribution in [2.24, 2.45) is 11.7 Å². The van der Waals surface area contributed by atoms with Gasteiger partial charge >= 0.3 is 0 Å². The summed E-state index contributed by atoms with van der Waals surface area (Å²) in [5.41, 5.74) is 7.51. The molecule has 2 fully saturated rings. The van der Waals surface area contributed by atoms with Gasteiger partial charge in [-0.05, 0) is 38.3 Å². The van der Waals surface area contributed by atoms with Crippen molar-refractivity contribution in [1.29, 1.82) is 0 Å². The van der Waals surface area contributed by atoms with Crippen LogP contribution in [-0.2, 0) is 0 Å².